The number of halogens is 2. The predicted octanol–water partition coefficient (Wildman–Crippen LogP) is 3.80. The number of benzene rings is 1. The summed E-state index contributed by atoms with van der Waals surface area (Å²) in [5.74, 6) is -1.68. The number of carbonyl (C=O) groups is 1. The van der Waals surface area contributed by atoms with Crippen LogP contribution in [0, 0.1) is 0 Å². The molecule has 1 aromatic carbocycles. The maximum atomic E-state index is 11.4. The summed E-state index contributed by atoms with van der Waals surface area (Å²) in [4.78, 5) is 15.4. The highest BCUT2D eigenvalue weighted by atomic mass is 35.5. The zero-order chi connectivity index (χ0) is 13.8. The summed E-state index contributed by atoms with van der Waals surface area (Å²) in [6.45, 7) is 0. The third-order valence-electron chi connectivity index (χ3n) is 2.79. The SMILES string of the molecule is O=C(O)C(Cc1cccnc1)c1cc(Cl)ccc1Cl. The van der Waals surface area contributed by atoms with E-state index in [-0.39, 0.29) is 0 Å². The number of aromatic nitrogens is 1. The van der Waals surface area contributed by atoms with Gasteiger partial charge in [-0.2, -0.15) is 0 Å². The molecule has 0 aliphatic carbocycles. The Morgan fingerprint density at radius 3 is 2.74 bits per heavy atom. The van der Waals surface area contributed by atoms with E-state index in [9.17, 15) is 9.90 Å². The topological polar surface area (TPSA) is 50.2 Å². The van der Waals surface area contributed by atoms with Gasteiger partial charge in [-0.15, -0.1) is 0 Å². The van der Waals surface area contributed by atoms with Gasteiger partial charge in [-0.1, -0.05) is 29.3 Å². The number of hydrogen-bond donors (Lipinski definition) is 1. The molecule has 1 aromatic heterocycles. The van der Waals surface area contributed by atoms with Crippen molar-refractivity contribution < 1.29 is 9.90 Å². The zero-order valence-electron chi connectivity index (χ0n) is 9.88. The first-order valence-corrected chi connectivity index (χ1v) is 6.40. The van der Waals surface area contributed by atoms with Crippen molar-refractivity contribution in [1.82, 2.24) is 4.98 Å². The summed E-state index contributed by atoms with van der Waals surface area (Å²) < 4.78 is 0. The van der Waals surface area contributed by atoms with Crippen molar-refractivity contribution in [3.63, 3.8) is 0 Å². The first-order valence-electron chi connectivity index (χ1n) is 5.64. The number of carboxylic acids is 1. The summed E-state index contributed by atoms with van der Waals surface area (Å²) in [5, 5.41) is 10.3. The van der Waals surface area contributed by atoms with Crippen LogP contribution in [-0.2, 0) is 11.2 Å². The molecule has 1 unspecified atom stereocenters. The highest BCUT2D eigenvalue weighted by Crippen LogP contribution is 2.30. The lowest BCUT2D eigenvalue weighted by molar-refractivity contribution is -0.138. The predicted molar refractivity (Wildman–Crippen MR) is 74.8 cm³/mol. The number of nitrogens with zero attached hydrogens (tertiary/aromatic N) is 1. The van der Waals surface area contributed by atoms with Crippen molar-refractivity contribution in [1.29, 1.82) is 0 Å². The van der Waals surface area contributed by atoms with E-state index >= 15 is 0 Å². The Bertz CT molecular complexity index is 587. The van der Waals surface area contributed by atoms with Crippen molar-refractivity contribution in [2.75, 3.05) is 0 Å². The van der Waals surface area contributed by atoms with Gasteiger partial charge in [-0.25, -0.2) is 0 Å². The molecule has 1 N–H and O–H groups in total. The van der Waals surface area contributed by atoms with E-state index in [1.807, 2.05) is 6.07 Å². The second-order valence-corrected chi connectivity index (χ2v) is 4.97. The number of aliphatic carboxylic acids is 1. The Morgan fingerprint density at radius 2 is 2.11 bits per heavy atom. The van der Waals surface area contributed by atoms with Crippen LogP contribution in [0.4, 0.5) is 0 Å². The Labute approximate surface area is 120 Å². The largest absolute Gasteiger partial charge is 0.481 e. The number of carboxylic acid groups (broad SMARTS) is 1. The molecule has 98 valence electrons. The maximum Gasteiger partial charge on any atom is 0.311 e. The molecule has 1 atom stereocenters. The van der Waals surface area contributed by atoms with Gasteiger partial charge in [0.05, 0.1) is 5.92 Å². The number of pyridine rings is 1. The van der Waals surface area contributed by atoms with E-state index in [0.717, 1.165) is 5.56 Å². The van der Waals surface area contributed by atoms with E-state index in [1.165, 1.54) is 0 Å². The average molecular weight is 296 g/mol. The Balaban J connectivity index is 2.35. The molecule has 5 heteroatoms. The Kier molecular flexibility index (Phi) is 4.40. The van der Waals surface area contributed by atoms with Crippen LogP contribution in [0.2, 0.25) is 10.0 Å². The Hall–Kier alpha value is -1.58. The summed E-state index contributed by atoms with van der Waals surface area (Å²) in [6, 6.07) is 8.45. The first-order chi connectivity index (χ1) is 9.08. The van der Waals surface area contributed by atoms with Gasteiger partial charge in [-0.3, -0.25) is 9.78 Å². The normalized spacial score (nSPS) is 12.1. The smallest absolute Gasteiger partial charge is 0.311 e. The molecule has 0 spiro atoms. The maximum absolute atomic E-state index is 11.4. The van der Waals surface area contributed by atoms with Gasteiger partial charge in [0.2, 0.25) is 0 Å². The molecule has 19 heavy (non-hydrogen) atoms. The van der Waals surface area contributed by atoms with E-state index in [4.69, 9.17) is 23.2 Å². The molecule has 3 nitrogen and oxygen atoms in total. The summed E-state index contributed by atoms with van der Waals surface area (Å²) in [5.41, 5.74) is 1.36. The van der Waals surface area contributed by atoms with Crippen LogP contribution in [-0.4, -0.2) is 16.1 Å². The third kappa shape index (κ3) is 3.46. The molecule has 2 aromatic rings. The van der Waals surface area contributed by atoms with Crippen molar-refractivity contribution >= 4 is 29.2 Å². The summed E-state index contributed by atoms with van der Waals surface area (Å²) in [6.07, 6.45) is 3.61. The van der Waals surface area contributed by atoms with Crippen LogP contribution in [0.5, 0.6) is 0 Å². The molecule has 0 amide bonds. The standard InChI is InChI=1S/C14H11Cl2NO2/c15-10-3-4-13(16)11(7-10)12(14(18)19)6-9-2-1-5-17-8-9/h1-5,7-8,12H,6H2,(H,18,19). The minimum absolute atomic E-state index is 0.323. The van der Waals surface area contributed by atoms with Gasteiger partial charge in [0, 0.05) is 22.4 Å². The molecule has 0 fully saturated rings. The Morgan fingerprint density at radius 1 is 1.32 bits per heavy atom. The number of hydrogen-bond acceptors (Lipinski definition) is 2. The lowest BCUT2D eigenvalue weighted by Gasteiger charge is -2.14. The minimum atomic E-state index is -0.937. The highest BCUT2D eigenvalue weighted by molar-refractivity contribution is 6.33. The summed E-state index contributed by atoms with van der Waals surface area (Å²) >= 11 is 12.0. The molecule has 0 aliphatic heterocycles. The monoisotopic (exact) mass is 295 g/mol. The molecule has 0 saturated carbocycles. The second-order valence-electron chi connectivity index (χ2n) is 4.12. The first kappa shape index (κ1) is 13.8. The van der Waals surface area contributed by atoms with Gasteiger partial charge in [-0.05, 0) is 41.8 Å². The second kappa shape index (κ2) is 6.04. The van der Waals surface area contributed by atoms with E-state index in [2.05, 4.69) is 4.98 Å². The van der Waals surface area contributed by atoms with E-state index in [0.29, 0.717) is 22.0 Å². The van der Waals surface area contributed by atoms with Crippen molar-refractivity contribution in [2.45, 2.75) is 12.3 Å². The molecule has 2 rings (SSSR count). The molecule has 0 radical (unpaired) electrons. The minimum Gasteiger partial charge on any atom is -0.481 e. The van der Waals surface area contributed by atoms with E-state index in [1.54, 1.807) is 36.7 Å². The van der Waals surface area contributed by atoms with Crippen molar-refractivity contribution in [3.05, 3.63) is 63.9 Å². The molecule has 1 heterocycles. The van der Waals surface area contributed by atoms with Crippen LogP contribution < -0.4 is 0 Å². The van der Waals surface area contributed by atoms with Crippen LogP contribution in [0.1, 0.15) is 17.0 Å². The molecule has 0 bridgehead atoms. The fourth-order valence-corrected chi connectivity index (χ4v) is 2.30. The van der Waals surface area contributed by atoms with Gasteiger partial charge >= 0.3 is 5.97 Å². The number of rotatable bonds is 4. The molecular weight excluding hydrogens is 285 g/mol. The van der Waals surface area contributed by atoms with E-state index < -0.39 is 11.9 Å². The van der Waals surface area contributed by atoms with Crippen molar-refractivity contribution in [3.8, 4) is 0 Å². The fraction of sp³-hybridized carbons (Fsp3) is 0.143. The lowest BCUT2D eigenvalue weighted by atomic mass is 9.92. The third-order valence-corrected chi connectivity index (χ3v) is 3.37. The molecular formula is C14H11Cl2NO2. The average Bonchev–Trinajstić information content (AvgIpc) is 2.40. The zero-order valence-corrected chi connectivity index (χ0v) is 11.4. The highest BCUT2D eigenvalue weighted by Gasteiger charge is 2.23. The fourth-order valence-electron chi connectivity index (χ4n) is 1.87. The van der Waals surface area contributed by atoms with Crippen LogP contribution >= 0.6 is 23.2 Å². The van der Waals surface area contributed by atoms with Crippen LogP contribution in [0.25, 0.3) is 0 Å². The quantitative estimate of drug-likeness (QED) is 0.933. The molecule has 0 saturated heterocycles. The van der Waals surface area contributed by atoms with Gasteiger partial charge < -0.3 is 5.11 Å². The van der Waals surface area contributed by atoms with Crippen LogP contribution in [0.3, 0.4) is 0 Å². The van der Waals surface area contributed by atoms with Crippen LogP contribution in [0.15, 0.2) is 42.7 Å². The molecule has 0 aliphatic rings. The van der Waals surface area contributed by atoms with Crippen molar-refractivity contribution in [2.24, 2.45) is 0 Å². The van der Waals surface area contributed by atoms with Gasteiger partial charge in [0.1, 0.15) is 0 Å². The van der Waals surface area contributed by atoms with Gasteiger partial charge in [0.25, 0.3) is 0 Å². The summed E-state index contributed by atoms with van der Waals surface area (Å²) in [7, 11) is 0. The lowest BCUT2D eigenvalue weighted by Crippen LogP contribution is -2.15. The van der Waals surface area contributed by atoms with Gasteiger partial charge in [0.15, 0.2) is 0 Å².